The molecule has 1 saturated heterocycles. The molecule has 0 amide bonds. The molecule has 1 aromatic rings. The third-order valence-electron chi connectivity index (χ3n) is 3.52. The summed E-state index contributed by atoms with van der Waals surface area (Å²) in [6, 6.07) is 0.463. The van der Waals surface area contributed by atoms with E-state index in [9.17, 15) is 0 Å². The van der Waals surface area contributed by atoms with Gasteiger partial charge in [-0.3, -0.25) is 0 Å². The Morgan fingerprint density at radius 1 is 1.37 bits per heavy atom. The zero-order valence-electron chi connectivity index (χ0n) is 12.4. The Bertz CT molecular complexity index is 427. The van der Waals surface area contributed by atoms with Crippen molar-refractivity contribution < 1.29 is 9.15 Å². The molecule has 108 valence electrons. The van der Waals surface area contributed by atoms with Crippen LogP contribution in [0.25, 0.3) is 0 Å². The molecule has 0 bridgehead atoms. The molecular weight excluding hydrogens is 244 g/mol. The van der Waals surface area contributed by atoms with Crippen molar-refractivity contribution in [2.75, 3.05) is 11.9 Å². The van der Waals surface area contributed by atoms with Gasteiger partial charge in [0.15, 0.2) is 0 Å². The fourth-order valence-electron chi connectivity index (χ4n) is 1.96. The predicted molar refractivity (Wildman–Crippen MR) is 72.9 cm³/mol. The third-order valence-corrected chi connectivity index (χ3v) is 3.52. The molecule has 2 unspecified atom stereocenters. The number of aromatic nitrogens is 2. The van der Waals surface area contributed by atoms with E-state index in [1.165, 1.54) is 0 Å². The highest BCUT2D eigenvalue weighted by atomic mass is 16.5. The standard InChI is InChI=1S/C13H24N4O2/c1-9-13(5,6-7-18-9)15-11-17-16-10(19-11)8-14-12(2,3)4/h9,14H,6-8H2,1-5H3,(H,15,17). The topological polar surface area (TPSA) is 72.2 Å². The molecule has 6 nitrogen and oxygen atoms in total. The van der Waals surface area contributed by atoms with Gasteiger partial charge in [-0.2, -0.15) is 0 Å². The molecule has 0 aromatic carbocycles. The Morgan fingerprint density at radius 2 is 2.11 bits per heavy atom. The highest BCUT2D eigenvalue weighted by molar-refractivity contribution is 5.25. The molecule has 2 N–H and O–H groups in total. The van der Waals surface area contributed by atoms with Crippen molar-refractivity contribution >= 4 is 6.01 Å². The highest BCUT2D eigenvalue weighted by Gasteiger charge is 2.38. The van der Waals surface area contributed by atoms with Crippen molar-refractivity contribution in [2.24, 2.45) is 0 Å². The summed E-state index contributed by atoms with van der Waals surface area (Å²) in [4.78, 5) is 0. The molecule has 6 heteroatoms. The highest BCUT2D eigenvalue weighted by Crippen LogP contribution is 2.28. The van der Waals surface area contributed by atoms with Crippen molar-refractivity contribution in [3.05, 3.63) is 5.89 Å². The Balaban J connectivity index is 1.94. The minimum Gasteiger partial charge on any atom is -0.407 e. The number of hydrogen-bond donors (Lipinski definition) is 2. The molecule has 0 aliphatic carbocycles. The second kappa shape index (κ2) is 5.09. The maximum Gasteiger partial charge on any atom is 0.316 e. The lowest BCUT2D eigenvalue weighted by molar-refractivity contribution is 0.104. The van der Waals surface area contributed by atoms with Crippen LogP contribution < -0.4 is 10.6 Å². The summed E-state index contributed by atoms with van der Waals surface area (Å²) in [6.07, 6.45) is 1.07. The van der Waals surface area contributed by atoms with Gasteiger partial charge in [0.25, 0.3) is 0 Å². The van der Waals surface area contributed by atoms with Crippen molar-refractivity contribution in [3.8, 4) is 0 Å². The van der Waals surface area contributed by atoms with Crippen molar-refractivity contribution in [1.82, 2.24) is 15.5 Å². The van der Waals surface area contributed by atoms with E-state index in [4.69, 9.17) is 9.15 Å². The fourth-order valence-corrected chi connectivity index (χ4v) is 1.96. The van der Waals surface area contributed by atoms with Crippen LogP contribution in [0, 0.1) is 0 Å². The van der Waals surface area contributed by atoms with Crippen LogP contribution in [0.1, 0.15) is 46.9 Å². The molecule has 2 heterocycles. The fraction of sp³-hybridized carbons (Fsp3) is 0.846. The SMILES string of the molecule is CC1OCCC1(C)Nc1nnc(CNC(C)(C)C)o1. The number of anilines is 1. The Labute approximate surface area is 114 Å². The van der Waals surface area contributed by atoms with Crippen LogP contribution in [0.4, 0.5) is 6.01 Å². The van der Waals surface area contributed by atoms with E-state index in [0.29, 0.717) is 18.5 Å². The van der Waals surface area contributed by atoms with Gasteiger partial charge in [-0.15, -0.1) is 5.10 Å². The van der Waals surface area contributed by atoms with Gasteiger partial charge in [0.05, 0.1) is 18.2 Å². The van der Waals surface area contributed by atoms with E-state index in [2.05, 4.69) is 55.4 Å². The molecular formula is C13H24N4O2. The van der Waals surface area contributed by atoms with Gasteiger partial charge in [-0.1, -0.05) is 5.10 Å². The quantitative estimate of drug-likeness (QED) is 0.869. The first kappa shape index (κ1) is 14.3. The zero-order chi connectivity index (χ0) is 14.1. The maximum absolute atomic E-state index is 5.60. The first-order valence-electron chi connectivity index (χ1n) is 6.76. The lowest BCUT2D eigenvalue weighted by Crippen LogP contribution is -2.41. The van der Waals surface area contributed by atoms with E-state index in [-0.39, 0.29) is 17.2 Å². The number of nitrogens with one attached hydrogen (secondary N) is 2. The summed E-state index contributed by atoms with van der Waals surface area (Å²) in [7, 11) is 0. The molecule has 19 heavy (non-hydrogen) atoms. The summed E-state index contributed by atoms with van der Waals surface area (Å²) in [5.74, 6) is 0.590. The third kappa shape index (κ3) is 3.67. The van der Waals surface area contributed by atoms with Crippen LogP contribution >= 0.6 is 0 Å². The largest absolute Gasteiger partial charge is 0.407 e. The van der Waals surface area contributed by atoms with Crippen molar-refractivity contribution in [2.45, 2.75) is 64.8 Å². The zero-order valence-corrected chi connectivity index (χ0v) is 12.4. The number of hydrogen-bond acceptors (Lipinski definition) is 6. The minimum absolute atomic E-state index is 0.0296. The predicted octanol–water partition coefficient (Wildman–Crippen LogP) is 1.94. The average molecular weight is 268 g/mol. The van der Waals surface area contributed by atoms with Crippen LogP contribution in [-0.2, 0) is 11.3 Å². The lowest BCUT2D eigenvalue weighted by Gasteiger charge is -2.27. The average Bonchev–Trinajstić information content (AvgIpc) is 2.84. The van der Waals surface area contributed by atoms with E-state index in [1.807, 2.05) is 0 Å². The summed E-state index contributed by atoms with van der Waals surface area (Å²) in [5.41, 5.74) is -0.108. The number of nitrogens with zero attached hydrogens (tertiary/aromatic N) is 2. The van der Waals surface area contributed by atoms with E-state index in [1.54, 1.807) is 0 Å². The smallest absolute Gasteiger partial charge is 0.316 e. The molecule has 2 atom stereocenters. The molecule has 2 rings (SSSR count). The van der Waals surface area contributed by atoms with Gasteiger partial charge in [-0.05, 0) is 41.0 Å². The Morgan fingerprint density at radius 3 is 2.68 bits per heavy atom. The van der Waals surface area contributed by atoms with E-state index >= 15 is 0 Å². The second-order valence-corrected chi connectivity index (χ2v) is 6.41. The molecule has 1 aliphatic heterocycles. The number of rotatable bonds is 4. The van der Waals surface area contributed by atoms with Crippen LogP contribution in [-0.4, -0.2) is 34.0 Å². The Hall–Kier alpha value is -1.14. The van der Waals surface area contributed by atoms with Crippen LogP contribution in [0.15, 0.2) is 4.42 Å². The van der Waals surface area contributed by atoms with Gasteiger partial charge >= 0.3 is 6.01 Å². The second-order valence-electron chi connectivity index (χ2n) is 6.41. The van der Waals surface area contributed by atoms with Gasteiger partial charge in [0.2, 0.25) is 5.89 Å². The van der Waals surface area contributed by atoms with E-state index < -0.39 is 0 Å². The van der Waals surface area contributed by atoms with Crippen molar-refractivity contribution in [1.29, 1.82) is 0 Å². The summed E-state index contributed by atoms with van der Waals surface area (Å²) < 4.78 is 11.2. The monoisotopic (exact) mass is 268 g/mol. The van der Waals surface area contributed by atoms with Crippen LogP contribution in [0.5, 0.6) is 0 Å². The first-order valence-corrected chi connectivity index (χ1v) is 6.76. The molecule has 1 aliphatic rings. The number of ether oxygens (including phenoxy) is 1. The van der Waals surface area contributed by atoms with Gasteiger partial charge in [0.1, 0.15) is 0 Å². The maximum atomic E-state index is 5.60. The minimum atomic E-state index is -0.138. The molecule has 0 spiro atoms. The Kier molecular flexibility index (Phi) is 3.82. The molecule has 0 saturated carbocycles. The summed E-state index contributed by atoms with van der Waals surface area (Å²) in [6.45, 7) is 11.8. The van der Waals surface area contributed by atoms with Gasteiger partial charge < -0.3 is 19.8 Å². The molecule has 1 fully saturated rings. The molecule has 0 radical (unpaired) electrons. The normalized spacial score (nSPS) is 27.7. The molecule has 1 aromatic heterocycles. The van der Waals surface area contributed by atoms with Crippen LogP contribution in [0.2, 0.25) is 0 Å². The summed E-state index contributed by atoms with van der Waals surface area (Å²) >= 11 is 0. The van der Waals surface area contributed by atoms with Crippen LogP contribution in [0.3, 0.4) is 0 Å². The lowest BCUT2D eigenvalue weighted by atomic mass is 9.95. The van der Waals surface area contributed by atoms with E-state index in [0.717, 1.165) is 13.0 Å². The van der Waals surface area contributed by atoms with Crippen molar-refractivity contribution in [3.63, 3.8) is 0 Å². The van der Waals surface area contributed by atoms with Gasteiger partial charge in [0, 0.05) is 12.1 Å². The first-order chi connectivity index (χ1) is 8.78. The van der Waals surface area contributed by atoms with Gasteiger partial charge in [-0.25, -0.2) is 0 Å². The summed E-state index contributed by atoms with van der Waals surface area (Å²) in [5, 5.41) is 14.7.